The average molecular weight is 388 g/mol. The number of aryl methyl sites for hydroxylation is 3. The van der Waals surface area contributed by atoms with Crippen LogP contribution in [0.4, 0.5) is 5.69 Å². The molecule has 2 aromatic rings. The summed E-state index contributed by atoms with van der Waals surface area (Å²) in [5, 5.41) is 0. The topological polar surface area (TPSA) is 52.7 Å². The van der Waals surface area contributed by atoms with Gasteiger partial charge in [-0.1, -0.05) is 35.9 Å². The first-order valence-corrected chi connectivity index (χ1v) is 10.9. The molecule has 1 heterocycles. The van der Waals surface area contributed by atoms with Gasteiger partial charge < -0.3 is 4.90 Å². The van der Waals surface area contributed by atoms with Gasteiger partial charge in [0.2, 0.25) is 10.0 Å². The molecule has 1 aliphatic heterocycles. The van der Waals surface area contributed by atoms with Crippen molar-refractivity contribution >= 4 is 15.7 Å². The summed E-state index contributed by atoms with van der Waals surface area (Å²) in [6, 6.07) is 14.3. The van der Waals surface area contributed by atoms with Gasteiger partial charge >= 0.3 is 0 Å². The second-order valence-electron chi connectivity index (χ2n) is 7.29. The minimum Gasteiger partial charge on any atom is -0.369 e. The number of sulfonamides is 1. The third-order valence-electron chi connectivity index (χ3n) is 5.09. The minimum atomic E-state index is -3.48. The van der Waals surface area contributed by atoms with Gasteiger partial charge in [-0.25, -0.2) is 13.1 Å². The van der Waals surface area contributed by atoms with Crippen LogP contribution in [0.1, 0.15) is 16.7 Å². The highest BCUT2D eigenvalue weighted by Gasteiger charge is 2.21. The van der Waals surface area contributed by atoms with Gasteiger partial charge in [0.25, 0.3) is 0 Å². The number of anilines is 1. The van der Waals surface area contributed by atoms with Crippen molar-refractivity contribution in [1.29, 1.82) is 0 Å². The first kappa shape index (κ1) is 19.9. The van der Waals surface area contributed by atoms with Gasteiger partial charge in [-0.2, -0.15) is 0 Å². The summed E-state index contributed by atoms with van der Waals surface area (Å²) in [5.41, 5.74) is 3.94. The molecule has 0 amide bonds. The number of nitrogens with one attached hydrogen (secondary N) is 1. The van der Waals surface area contributed by atoms with Crippen LogP contribution in [0.5, 0.6) is 0 Å². The molecule has 0 atom stereocenters. The minimum absolute atomic E-state index is 0.419. The molecule has 27 heavy (non-hydrogen) atoms. The Bertz CT molecular complexity index is 851. The highest BCUT2D eigenvalue weighted by Crippen LogP contribution is 2.21. The summed E-state index contributed by atoms with van der Waals surface area (Å²) < 4.78 is 28.2. The largest absolute Gasteiger partial charge is 0.369 e. The molecule has 3 rings (SSSR count). The SMILES string of the molecule is Cc1cc(C)c(S(=O)(=O)NCCN2CCN(c3ccccc3)CC2)c(C)c1. The van der Waals surface area contributed by atoms with Gasteiger partial charge in [-0.15, -0.1) is 0 Å². The second-order valence-corrected chi connectivity index (χ2v) is 8.99. The van der Waals surface area contributed by atoms with Crippen molar-refractivity contribution in [1.82, 2.24) is 9.62 Å². The fraction of sp³-hybridized carbons (Fsp3) is 0.429. The molecule has 0 unspecified atom stereocenters. The number of piperazine rings is 1. The number of hydrogen-bond donors (Lipinski definition) is 1. The molecule has 0 spiro atoms. The highest BCUT2D eigenvalue weighted by atomic mass is 32.2. The van der Waals surface area contributed by atoms with Gasteiger partial charge in [0, 0.05) is 45.0 Å². The monoisotopic (exact) mass is 387 g/mol. The van der Waals surface area contributed by atoms with E-state index in [1.165, 1.54) is 5.69 Å². The first-order chi connectivity index (χ1) is 12.9. The Morgan fingerprint density at radius 1 is 0.926 bits per heavy atom. The van der Waals surface area contributed by atoms with Crippen molar-refractivity contribution in [2.45, 2.75) is 25.7 Å². The smallest absolute Gasteiger partial charge is 0.241 e. The van der Waals surface area contributed by atoms with E-state index in [-0.39, 0.29) is 0 Å². The van der Waals surface area contributed by atoms with E-state index in [1.54, 1.807) is 0 Å². The van der Waals surface area contributed by atoms with Gasteiger partial charge in [0.1, 0.15) is 0 Å². The quantitative estimate of drug-likeness (QED) is 0.828. The molecule has 146 valence electrons. The Balaban J connectivity index is 1.52. The maximum atomic E-state index is 12.7. The van der Waals surface area contributed by atoms with E-state index in [4.69, 9.17) is 0 Å². The molecule has 1 fully saturated rings. The van der Waals surface area contributed by atoms with Gasteiger partial charge in [-0.05, 0) is 44.0 Å². The summed E-state index contributed by atoms with van der Waals surface area (Å²) >= 11 is 0. The third kappa shape index (κ3) is 4.89. The average Bonchev–Trinajstić information content (AvgIpc) is 2.62. The number of hydrogen-bond acceptors (Lipinski definition) is 4. The fourth-order valence-electron chi connectivity index (χ4n) is 3.87. The van der Waals surface area contributed by atoms with Crippen LogP contribution in [-0.2, 0) is 10.0 Å². The molecule has 0 aliphatic carbocycles. The van der Waals surface area contributed by atoms with Gasteiger partial charge in [0.15, 0.2) is 0 Å². The van der Waals surface area contributed by atoms with Crippen LogP contribution in [0, 0.1) is 20.8 Å². The molecule has 2 aromatic carbocycles. The van der Waals surface area contributed by atoms with Crippen LogP contribution >= 0.6 is 0 Å². The summed E-state index contributed by atoms with van der Waals surface area (Å²) in [6.07, 6.45) is 0. The van der Waals surface area contributed by atoms with Crippen LogP contribution < -0.4 is 9.62 Å². The van der Waals surface area contributed by atoms with Crippen LogP contribution in [0.15, 0.2) is 47.4 Å². The fourth-order valence-corrected chi connectivity index (χ4v) is 5.34. The molecule has 0 saturated carbocycles. The standard InChI is InChI=1S/C21H29N3O2S/c1-17-15-18(2)21(19(3)16-17)27(25,26)22-9-10-23-11-13-24(14-12-23)20-7-5-4-6-8-20/h4-8,15-16,22H,9-14H2,1-3H3. The van der Waals surface area contributed by atoms with E-state index in [9.17, 15) is 8.42 Å². The zero-order valence-corrected chi connectivity index (χ0v) is 17.2. The van der Waals surface area contributed by atoms with E-state index in [0.717, 1.165) is 49.4 Å². The zero-order chi connectivity index (χ0) is 19.4. The Morgan fingerprint density at radius 2 is 1.52 bits per heavy atom. The Labute approximate surface area is 163 Å². The lowest BCUT2D eigenvalue weighted by atomic mass is 10.1. The molecule has 0 radical (unpaired) electrons. The second kappa shape index (κ2) is 8.42. The third-order valence-corrected chi connectivity index (χ3v) is 6.85. The molecule has 1 aliphatic rings. The van der Waals surface area contributed by atoms with Crippen molar-refractivity contribution < 1.29 is 8.42 Å². The molecule has 6 heteroatoms. The summed E-state index contributed by atoms with van der Waals surface area (Å²) in [4.78, 5) is 5.11. The maximum absolute atomic E-state index is 12.7. The summed E-state index contributed by atoms with van der Waals surface area (Å²) in [6.45, 7) is 10.7. The van der Waals surface area contributed by atoms with E-state index in [0.29, 0.717) is 11.4 Å². The van der Waals surface area contributed by atoms with Gasteiger partial charge in [0.05, 0.1) is 4.90 Å². The number of para-hydroxylation sites is 1. The number of nitrogens with zero attached hydrogens (tertiary/aromatic N) is 2. The number of benzene rings is 2. The number of rotatable bonds is 6. The van der Waals surface area contributed by atoms with Crippen molar-refractivity contribution in [3.63, 3.8) is 0 Å². The van der Waals surface area contributed by atoms with Crippen LogP contribution in [-0.4, -0.2) is 52.6 Å². The Morgan fingerprint density at radius 3 is 2.11 bits per heavy atom. The predicted molar refractivity (Wildman–Crippen MR) is 111 cm³/mol. The van der Waals surface area contributed by atoms with E-state index >= 15 is 0 Å². The summed E-state index contributed by atoms with van der Waals surface area (Å²) in [5.74, 6) is 0. The van der Waals surface area contributed by atoms with Crippen LogP contribution in [0.3, 0.4) is 0 Å². The van der Waals surface area contributed by atoms with Crippen molar-refractivity contribution in [2.24, 2.45) is 0 Å². The van der Waals surface area contributed by atoms with Gasteiger partial charge in [-0.3, -0.25) is 4.90 Å². The molecular formula is C21H29N3O2S. The van der Waals surface area contributed by atoms with Crippen molar-refractivity contribution in [3.05, 3.63) is 59.2 Å². The van der Waals surface area contributed by atoms with E-state index in [2.05, 4.69) is 38.8 Å². The lowest BCUT2D eigenvalue weighted by Gasteiger charge is -2.36. The molecule has 5 nitrogen and oxygen atoms in total. The maximum Gasteiger partial charge on any atom is 0.241 e. The molecule has 0 bridgehead atoms. The van der Waals surface area contributed by atoms with Crippen molar-refractivity contribution in [3.8, 4) is 0 Å². The summed E-state index contributed by atoms with van der Waals surface area (Å²) in [7, 11) is -3.48. The van der Waals surface area contributed by atoms with Crippen LogP contribution in [0.25, 0.3) is 0 Å². The normalized spacial score (nSPS) is 15.9. The molecule has 1 saturated heterocycles. The Hall–Kier alpha value is -1.89. The molecule has 0 aromatic heterocycles. The van der Waals surface area contributed by atoms with E-state index < -0.39 is 10.0 Å². The van der Waals surface area contributed by atoms with E-state index in [1.807, 2.05) is 39.0 Å². The molecule has 1 N–H and O–H groups in total. The molecular weight excluding hydrogens is 358 g/mol. The lowest BCUT2D eigenvalue weighted by Crippen LogP contribution is -2.48. The zero-order valence-electron chi connectivity index (χ0n) is 16.4. The first-order valence-electron chi connectivity index (χ1n) is 9.47. The van der Waals surface area contributed by atoms with Crippen LogP contribution in [0.2, 0.25) is 0 Å². The van der Waals surface area contributed by atoms with Crippen molar-refractivity contribution in [2.75, 3.05) is 44.2 Å². The Kier molecular flexibility index (Phi) is 6.19. The predicted octanol–water partition coefficient (Wildman–Crippen LogP) is 2.71. The lowest BCUT2D eigenvalue weighted by molar-refractivity contribution is 0.262. The highest BCUT2D eigenvalue weighted by molar-refractivity contribution is 7.89.